The third kappa shape index (κ3) is 6.13. The molecule has 0 aromatic heterocycles. The average Bonchev–Trinajstić information content (AvgIpc) is 2.50. The predicted molar refractivity (Wildman–Crippen MR) is 90.3 cm³/mol. The Morgan fingerprint density at radius 2 is 1.70 bits per heavy atom. The largest absolute Gasteiger partial charge is 0.314 e. The van der Waals surface area contributed by atoms with E-state index in [4.69, 9.17) is 0 Å². The van der Waals surface area contributed by atoms with E-state index in [2.05, 4.69) is 37.9 Å². The van der Waals surface area contributed by atoms with Crippen LogP contribution in [-0.2, 0) is 0 Å². The van der Waals surface area contributed by atoms with E-state index in [0.717, 1.165) is 0 Å². The maximum atomic E-state index is 3.58. The number of nitrogens with one attached hydrogen (secondary N) is 1. The second-order valence-corrected chi connectivity index (χ2v) is 6.90. The monoisotopic (exact) mass is 282 g/mol. The molecule has 0 spiro atoms. The first-order valence-corrected chi connectivity index (χ1v) is 9.11. The average molecular weight is 283 g/mol. The van der Waals surface area contributed by atoms with E-state index in [0.29, 0.717) is 11.5 Å². The Kier molecular flexibility index (Phi) is 8.79. The summed E-state index contributed by atoms with van der Waals surface area (Å²) in [6.07, 6.45) is 10.9. The Morgan fingerprint density at radius 3 is 2.25 bits per heavy atom. The molecule has 0 aliphatic carbocycles. The SMILES string of the molecule is CCCNC(C)CCCCN1CCC(CC)(CC)CC1. The molecular weight excluding hydrogens is 244 g/mol. The first-order chi connectivity index (χ1) is 9.65. The number of piperidine rings is 1. The fraction of sp³-hybridized carbons (Fsp3) is 1.00. The van der Waals surface area contributed by atoms with Gasteiger partial charge in [0, 0.05) is 6.04 Å². The van der Waals surface area contributed by atoms with Gasteiger partial charge in [-0.25, -0.2) is 0 Å². The van der Waals surface area contributed by atoms with Gasteiger partial charge in [-0.15, -0.1) is 0 Å². The highest BCUT2D eigenvalue weighted by molar-refractivity contribution is 4.83. The van der Waals surface area contributed by atoms with E-state index < -0.39 is 0 Å². The topological polar surface area (TPSA) is 15.3 Å². The van der Waals surface area contributed by atoms with Crippen molar-refractivity contribution >= 4 is 0 Å². The molecule has 1 saturated heterocycles. The molecule has 0 bridgehead atoms. The van der Waals surface area contributed by atoms with Gasteiger partial charge in [-0.2, -0.15) is 0 Å². The van der Waals surface area contributed by atoms with Gasteiger partial charge in [-0.05, 0) is 70.6 Å². The van der Waals surface area contributed by atoms with E-state index in [-0.39, 0.29) is 0 Å². The summed E-state index contributed by atoms with van der Waals surface area (Å²) in [7, 11) is 0. The van der Waals surface area contributed by atoms with Gasteiger partial charge in [-0.1, -0.05) is 40.0 Å². The fourth-order valence-electron chi connectivity index (χ4n) is 3.49. The molecule has 0 aromatic carbocycles. The van der Waals surface area contributed by atoms with E-state index in [9.17, 15) is 0 Å². The highest BCUT2D eigenvalue weighted by Gasteiger charge is 2.30. The van der Waals surface area contributed by atoms with Crippen molar-refractivity contribution in [1.82, 2.24) is 10.2 Å². The van der Waals surface area contributed by atoms with E-state index in [1.807, 2.05) is 0 Å². The number of hydrogen-bond acceptors (Lipinski definition) is 2. The standard InChI is InChI=1S/C18H38N2/c1-5-13-19-17(4)10-8-9-14-20-15-11-18(6-2,7-3)12-16-20/h17,19H,5-16H2,1-4H3. The summed E-state index contributed by atoms with van der Waals surface area (Å²) in [5, 5.41) is 3.58. The smallest absolute Gasteiger partial charge is 0.00387 e. The third-order valence-corrected chi connectivity index (χ3v) is 5.52. The van der Waals surface area contributed by atoms with Gasteiger partial charge < -0.3 is 10.2 Å². The van der Waals surface area contributed by atoms with Crippen molar-refractivity contribution in [2.24, 2.45) is 5.41 Å². The molecule has 2 nitrogen and oxygen atoms in total. The summed E-state index contributed by atoms with van der Waals surface area (Å²) >= 11 is 0. The van der Waals surface area contributed by atoms with Crippen LogP contribution in [0.3, 0.4) is 0 Å². The summed E-state index contributed by atoms with van der Waals surface area (Å²) < 4.78 is 0. The molecule has 1 N–H and O–H groups in total. The fourth-order valence-corrected chi connectivity index (χ4v) is 3.49. The second-order valence-electron chi connectivity index (χ2n) is 6.90. The van der Waals surface area contributed by atoms with E-state index in [1.165, 1.54) is 77.5 Å². The maximum absolute atomic E-state index is 3.58. The molecule has 2 heteroatoms. The summed E-state index contributed by atoms with van der Waals surface area (Å²) in [5.41, 5.74) is 0.676. The summed E-state index contributed by atoms with van der Waals surface area (Å²) in [6, 6.07) is 0.698. The van der Waals surface area contributed by atoms with Crippen LogP contribution in [0.1, 0.15) is 79.1 Å². The zero-order valence-electron chi connectivity index (χ0n) is 14.5. The molecule has 0 radical (unpaired) electrons. The highest BCUT2D eigenvalue weighted by Crippen LogP contribution is 2.37. The van der Waals surface area contributed by atoms with Crippen LogP contribution in [0.5, 0.6) is 0 Å². The lowest BCUT2D eigenvalue weighted by Crippen LogP contribution is -2.40. The van der Waals surface area contributed by atoms with Crippen molar-refractivity contribution in [2.45, 2.75) is 85.1 Å². The summed E-state index contributed by atoms with van der Waals surface area (Å²) in [6.45, 7) is 14.5. The summed E-state index contributed by atoms with van der Waals surface area (Å²) in [4.78, 5) is 2.70. The molecular formula is C18H38N2. The molecule has 0 aromatic rings. The van der Waals surface area contributed by atoms with Crippen molar-refractivity contribution in [2.75, 3.05) is 26.2 Å². The Morgan fingerprint density at radius 1 is 1.05 bits per heavy atom. The normalized spacial score (nSPS) is 21.0. The van der Waals surface area contributed by atoms with Crippen LogP contribution in [0.15, 0.2) is 0 Å². The Bertz CT molecular complexity index is 226. The number of rotatable bonds is 10. The predicted octanol–water partition coefficient (Wildman–Crippen LogP) is 4.45. The number of unbranched alkanes of at least 4 members (excludes halogenated alkanes) is 1. The van der Waals surface area contributed by atoms with Crippen molar-refractivity contribution in [3.8, 4) is 0 Å². The van der Waals surface area contributed by atoms with Crippen LogP contribution in [0.25, 0.3) is 0 Å². The Labute approximate surface area is 127 Å². The molecule has 1 fully saturated rings. The van der Waals surface area contributed by atoms with Crippen molar-refractivity contribution < 1.29 is 0 Å². The van der Waals surface area contributed by atoms with Crippen molar-refractivity contribution in [3.05, 3.63) is 0 Å². The van der Waals surface area contributed by atoms with Gasteiger partial charge >= 0.3 is 0 Å². The van der Waals surface area contributed by atoms with Crippen molar-refractivity contribution in [1.29, 1.82) is 0 Å². The van der Waals surface area contributed by atoms with Gasteiger partial charge in [0.15, 0.2) is 0 Å². The van der Waals surface area contributed by atoms with Gasteiger partial charge in [0.25, 0.3) is 0 Å². The van der Waals surface area contributed by atoms with E-state index in [1.54, 1.807) is 0 Å². The van der Waals surface area contributed by atoms with Crippen LogP contribution < -0.4 is 5.32 Å². The first kappa shape index (κ1) is 18.0. The minimum absolute atomic E-state index is 0.676. The Hall–Kier alpha value is -0.0800. The molecule has 1 heterocycles. The molecule has 0 saturated carbocycles. The molecule has 1 rings (SSSR count). The zero-order chi connectivity index (χ0) is 14.8. The molecule has 120 valence electrons. The molecule has 20 heavy (non-hydrogen) atoms. The lowest BCUT2D eigenvalue weighted by Gasteiger charge is -2.41. The highest BCUT2D eigenvalue weighted by atomic mass is 15.1. The van der Waals surface area contributed by atoms with E-state index >= 15 is 0 Å². The van der Waals surface area contributed by atoms with Gasteiger partial charge in [-0.3, -0.25) is 0 Å². The first-order valence-electron chi connectivity index (χ1n) is 9.11. The van der Waals surface area contributed by atoms with Gasteiger partial charge in [0.05, 0.1) is 0 Å². The lowest BCUT2D eigenvalue weighted by molar-refractivity contribution is 0.0941. The Balaban J connectivity index is 2.07. The molecule has 1 aliphatic heterocycles. The number of nitrogens with zero attached hydrogens (tertiary/aromatic N) is 1. The minimum Gasteiger partial charge on any atom is -0.314 e. The van der Waals surface area contributed by atoms with Crippen molar-refractivity contribution in [3.63, 3.8) is 0 Å². The van der Waals surface area contributed by atoms with Crippen LogP contribution >= 0.6 is 0 Å². The second kappa shape index (κ2) is 9.78. The molecule has 1 atom stereocenters. The third-order valence-electron chi connectivity index (χ3n) is 5.52. The molecule has 1 aliphatic rings. The maximum Gasteiger partial charge on any atom is 0.00387 e. The minimum atomic E-state index is 0.676. The van der Waals surface area contributed by atoms with Gasteiger partial charge in [0.2, 0.25) is 0 Å². The van der Waals surface area contributed by atoms with Crippen LogP contribution in [0.2, 0.25) is 0 Å². The number of likely N-dealkylation sites (tertiary alicyclic amines) is 1. The van der Waals surface area contributed by atoms with Gasteiger partial charge in [0.1, 0.15) is 0 Å². The zero-order valence-corrected chi connectivity index (χ0v) is 14.5. The van der Waals surface area contributed by atoms with Crippen LogP contribution in [0.4, 0.5) is 0 Å². The molecule has 0 amide bonds. The van der Waals surface area contributed by atoms with Crippen LogP contribution in [-0.4, -0.2) is 37.1 Å². The summed E-state index contributed by atoms with van der Waals surface area (Å²) in [5.74, 6) is 0. The quantitative estimate of drug-likeness (QED) is 0.596. The van der Waals surface area contributed by atoms with Crippen LogP contribution in [0, 0.1) is 5.41 Å². The molecule has 1 unspecified atom stereocenters. The number of hydrogen-bond donors (Lipinski definition) is 1. The lowest BCUT2D eigenvalue weighted by atomic mass is 9.74.